The largest absolute Gasteiger partial charge is 0.454 e. The van der Waals surface area contributed by atoms with E-state index in [1.807, 2.05) is 24.3 Å². The van der Waals surface area contributed by atoms with Crippen LogP contribution in [0.5, 0.6) is 11.5 Å². The van der Waals surface area contributed by atoms with E-state index < -0.39 is 0 Å². The first-order valence-electron chi connectivity index (χ1n) is 9.33. The van der Waals surface area contributed by atoms with Crippen LogP contribution >= 0.6 is 24.0 Å². The molecule has 0 amide bonds. The normalized spacial score (nSPS) is 20.5. The van der Waals surface area contributed by atoms with E-state index in [4.69, 9.17) is 14.2 Å². The van der Waals surface area contributed by atoms with Crippen LogP contribution in [-0.2, 0) is 11.3 Å². The van der Waals surface area contributed by atoms with Crippen LogP contribution in [0, 0.1) is 5.92 Å². The van der Waals surface area contributed by atoms with Gasteiger partial charge in [0.1, 0.15) is 0 Å². The van der Waals surface area contributed by atoms with Crippen LogP contribution in [0.15, 0.2) is 53.5 Å². The molecule has 2 aromatic carbocycles. The molecule has 2 aliphatic rings. The molecule has 0 spiro atoms. The molecule has 0 radical (unpaired) electrons. The van der Waals surface area contributed by atoms with Crippen LogP contribution in [0.1, 0.15) is 23.7 Å². The molecule has 4 rings (SSSR count). The van der Waals surface area contributed by atoms with Gasteiger partial charge in [0, 0.05) is 32.7 Å². The fourth-order valence-corrected chi connectivity index (χ4v) is 3.54. The monoisotopic (exact) mass is 495 g/mol. The maximum Gasteiger partial charge on any atom is 0.231 e. The summed E-state index contributed by atoms with van der Waals surface area (Å²) in [7, 11) is 1.79. The summed E-state index contributed by atoms with van der Waals surface area (Å²) in [6.07, 6.45) is 1.19. The van der Waals surface area contributed by atoms with Crippen LogP contribution in [0.2, 0.25) is 0 Å². The summed E-state index contributed by atoms with van der Waals surface area (Å²) in [5, 5.41) is 6.79. The lowest BCUT2D eigenvalue weighted by Gasteiger charge is -2.21. The van der Waals surface area contributed by atoms with E-state index in [0.717, 1.165) is 42.6 Å². The van der Waals surface area contributed by atoms with Gasteiger partial charge in [0.2, 0.25) is 6.79 Å². The molecule has 28 heavy (non-hydrogen) atoms. The van der Waals surface area contributed by atoms with Crippen molar-refractivity contribution in [2.24, 2.45) is 10.9 Å². The maximum absolute atomic E-state index is 5.96. The molecule has 2 atom stereocenters. The van der Waals surface area contributed by atoms with Gasteiger partial charge in [-0.2, -0.15) is 0 Å². The number of nitrogens with zero attached hydrogens (tertiary/aromatic N) is 1. The minimum absolute atomic E-state index is 0. The lowest BCUT2D eigenvalue weighted by molar-refractivity contribution is 0.0915. The van der Waals surface area contributed by atoms with Crippen molar-refractivity contribution in [3.63, 3.8) is 0 Å². The van der Waals surface area contributed by atoms with Gasteiger partial charge >= 0.3 is 0 Å². The Hall–Kier alpha value is -2.00. The fourth-order valence-electron chi connectivity index (χ4n) is 3.54. The lowest BCUT2D eigenvalue weighted by atomic mass is 9.95. The number of hydrogen-bond donors (Lipinski definition) is 2. The van der Waals surface area contributed by atoms with Gasteiger partial charge < -0.3 is 24.8 Å². The molecule has 0 aliphatic carbocycles. The highest BCUT2D eigenvalue weighted by Gasteiger charge is 2.29. The SMILES string of the molecule is CN=C(NCc1ccc2c(c1)OCO2)NCC1CCOC1c1ccccc1.I. The highest BCUT2D eigenvalue weighted by Crippen LogP contribution is 2.34. The second-order valence-electron chi connectivity index (χ2n) is 6.75. The topological polar surface area (TPSA) is 64.1 Å². The lowest BCUT2D eigenvalue weighted by Crippen LogP contribution is -2.39. The highest BCUT2D eigenvalue weighted by atomic mass is 127. The Morgan fingerprint density at radius 3 is 2.71 bits per heavy atom. The Balaban J connectivity index is 0.00000225. The third-order valence-electron chi connectivity index (χ3n) is 4.99. The third-order valence-corrected chi connectivity index (χ3v) is 4.99. The Morgan fingerprint density at radius 2 is 1.89 bits per heavy atom. The minimum Gasteiger partial charge on any atom is -0.454 e. The quantitative estimate of drug-likeness (QED) is 0.378. The number of benzene rings is 2. The van der Waals surface area contributed by atoms with Gasteiger partial charge in [-0.1, -0.05) is 36.4 Å². The molecule has 6 nitrogen and oxygen atoms in total. The molecule has 0 saturated carbocycles. The van der Waals surface area contributed by atoms with Crippen molar-refractivity contribution in [3.8, 4) is 11.5 Å². The van der Waals surface area contributed by atoms with E-state index in [9.17, 15) is 0 Å². The Kier molecular flexibility index (Phi) is 7.38. The molecule has 2 heterocycles. The highest BCUT2D eigenvalue weighted by molar-refractivity contribution is 14.0. The summed E-state index contributed by atoms with van der Waals surface area (Å²) in [6, 6.07) is 16.4. The van der Waals surface area contributed by atoms with Gasteiger partial charge in [-0.25, -0.2) is 0 Å². The second kappa shape index (κ2) is 9.97. The number of aliphatic imine (C=N–C) groups is 1. The van der Waals surface area contributed by atoms with Crippen molar-refractivity contribution >= 4 is 29.9 Å². The Labute approximate surface area is 182 Å². The molecule has 0 bridgehead atoms. The summed E-state index contributed by atoms with van der Waals surface area (Å²) in [4.78, 5) is 4.33. The molecule has 2 aromatic rings. The van der Waals surface area contributed by atoms with Crippen LogP contribution in [-0.4, -0.2) is 33.0 Å². The minimum atomic E-state index is 0. The van der Waals surface area contributed by atoms with Crippen LogP contribution in [0.4, 0.5) is 0 Å². The molecule has 7 heteroatoms. The molecule has 2 N–H and O–H groups in total. The Morgan fingerprint density at radius 1 is 1.07 bits per heavy atom. The van der Waals surface area contributed by atoms with E-state index in [1.165, 1.54) is 5.56 Å². The molecule has 0 aromatic heterocycles. The van der Waals surface area contributed by atoms with Gasteiger partial charge in [-0.3, -0.25) is 4.99 Å². The van der Waals surface area contributed by atoms with E-state index in [-0.39, 0.29) is 30.1 Å². The first-order valence-corrected chi connectivity index (χ1v) is 9.33. The third kappa shape index (κ3) is 4.88. The summed E-state index contributed by atoms with van der Waals surface area (Å²) in [6.45, 7) is 2.58. The molecule has 1 saturated heterocycles. The maximum atomic E-state index is 5.96. The smallest absolute Gasteiger partial charge is 0.231 e. The summed E-state index contributed by atoms with van der Waals surface area (Å²) in [5.74, 6) is 2.81. The van der Waals surface area contributed by atoms with E-state index >= 15 is 0 Å². The number of ether oxygens (including phenoxy) is 3. The molecule has 150 valence electrons. The number of nitrogens with one attached hydrogen (secondary N) is 2. The first-order chi connectivity index (χ1) is 13.3. The molecule has 1 fully saturated rings. The standard InChI is InChI=1S/C21H25N3O3.HI/c1-22-21(23-12-15-7-8-18-19(11-15)27-14-26-18)24-13-17-9-10-25-20(17)16-5-3-2-4-6-16;/h2-8,11,17,20H,9-10,12-14H2,1H3,(H2,22,23,24);1H. The average molecular weight is 495 g/mol. The van der Waals surface area contributed by atoms with Crippen molar-refractivity contribution in [1.29, 1.82) is 0 Å². The zero-order valence-electron chi connectivity index (χ0n) is 15.9. The van der Waals surface area contributed by atoms with Crippen molar-refractivity contribution in [2.75, 3.05) is 27.0 Å². The number of hydrogen-bond acceptors (Lipinski definition) is 4. The zero-order chi connectivity index (χ0) is 18.5. The molecular formula is C21H26IN3O3. The predicted octanol–water partition coefficient (Wildman–Crippen LogP) is 3.48. The van der Waals surface area contributed by atoms with Crippen LogP contribution in [0.3, 0.4) is 0 Å². The number of guanidine groups is 1. The number of rotatable bonds is 5. The van der Waals surface area contributed by atoms with Crippen molar-refractivity contribution < 1.29 is 14.2 Å². The average Bonchev–Trinajstić information content (AvgIpc) is 3.37. The summed E-state index contributed by atoms with van der Waals surface area (Å²) in [5.41, 5.74) is 2.36. The second-order valence-corrected chi connectivity index (χ2v) is 6.75. The van der Waals surface area contributed by atoms with E-state index in [0.29, 0.717) is 19.3 Å². The van der Waals surface area contributed by atoms with Gasteiger partial charge in [0.05, 0.1) is 6.10 Å². The van der Waals surface area contributed by atoms with Crippen LogP contribution in [0.25, 0.3) is 0 Å². The van der Waals surface area contributed by atoms with Gasteiger partial charge in [0.15, 0.2) is 17.5 Å². The van der Waals surface area contributed by atoms with Crippen molar-refractivity contribution in [2.45, 2.75) is 19.1 Å². The van der Waals surface area contributed by atoms with Crippen LogP contribution < -0.4 is 20.1 Å². The summed E-state index contributed by atoms with van der Waals surface area (Å²) < 4.78 is 16.7. The van der Waals surface area contributed by atoms with Crippen molar-refractivity contribution in [3.05, 3.63) is 59.7 Å². The van der Waals surface area contributed by atoms with Gasteiger partial charge in [-0.15, -0.1) is 24.0 Å². The van der Waals surface area contributed by atoms with E-state index in [1.54, 1.807) is 7.05 Å². The fraction of sp³-hybridized carbons (Fsp3) is 0.381. The first kappa shape index (κ1) is 20.7. The zero-order valence-corrected chi connectivity index (χ0v) is 18.2. The number of halogens is 1. The number of fused-ring (bicyclic) bond motifs is 1. The van der Waals surface area contributed by atoms with E-state index in [2.05, 4.69) is 39.9 Å². The molecule has 2 aliphatic heterocycles. The summed E-state index contributed by atoms with van der Waals surface area (Å²) >= 11 is 0. The molecular weight excluding hydrogens is 469 g/mol. The Bertz CT molecular complexity index is 801. The van der Waals surface area contributed by atoms with Crippen molar-refractivity contribution in [1.82, 2.24) is 10.6 Å². The van der Waals surface area contributed by atoms with Gasteiger partial charge in [-0.05, 0) is 29.7 Å². The molecule has 2 unspecified atom stereocenters. The predicted molar refractivity (Wildman–Crippen MR) is 119 cm³/mol. The van der Waals surface area contributed by atoms with Gasteiger partial charge in [0.25, 0.3) is 0 Å².